The van der Waals surface area contributed by atoms with Crippen molar-refractivity contribution in [2.45, 2.75) is 6.42 Å². The van der Waals surface area contributed by atoms with Crippen LogP contribution in [0.25, 0.3) is 10.9 Å². The SMILES string of the molecule is N=C(/C=C\C(=N)c1cccc(C=O)c1)N=C(N)Cc1ccc2ncccc2c1. The monoisotopic (exact) mass is 369 g/mol. The molecule has 2 aromatic carbocycles. The lowest BCUT2D eigenvalue weighted by Crippen LogP contribution is -2.16. The molecule has 0 unspecified atom stereocenters. The molecule has 6 heteroatoms. The van der Waals surface area contributed by atoms with E-state index in [4.69, 9.17) is 16.6 Å². The van der Waals surface area contributed by atoms with Crippen molar-refractivity contribution >= 4 is 34.6 Å². The highest BCUT2D eigenvalue weighted by molar-refractivity contribution is 6.11. The summed E-state index contributed by atoms with van der Waals surface area (Å²) in [6, 6.07) is 16.5. The number of fused-ring (bicyclic) bond motifs is 1. The number of allylic oxidation sites excluding steroid dienone is 1. The van der Waals surface area contributed by atoms with Gasteiger partial charge in [-0.15, -0.1) is 0 Å². The van der Waals surface area contributed by atoms with Crippen molar-refractivity contribution in [1.82, 2.24) is 4.98 Å². The van der Waals surface area contributed by atoms with Gasteiger partial charge in [-0.3, -0.25) is 15.2 Å². The fourth-order valence-electron chi connectivity index (χ4n) is 2.71. The second-order valence-corrected chi connectivity index (χ2v) is 6.19. The highest BCUT2D eigenvalue weighted by atomic mass is 16.1. The van der Waals surface area contributed by atoms with E-state index in [-0.39, 0.29) is 11.5 Å². The van der Waals surface area contributed by atoms with Gasteiger partial charge in [0, 0.05) is 29.1 Å². The van der Waals surface area contributed by atoms with Crippen LogP contribution in [0.2, 0.25) is 0 Å². The molecule has 0 saturated heterocycles. The number of aldehydes is 1. The van der Waals surface area contributed by atoms with E-state index in [1.165, 1.54) is 12.2 Å². The molecule has 0 amide bonds. The molecule has 0 aliphatic carbocycles. The second-order valence-electron chi connectivity index (χ2n) is 6.19. The number of nitrogens with zero attached hydrogens (tertiary/aromatic N) is 2. The minimum Gasteiger partial charge on any atom is -0.387 e. The standard InChI is InChI=1S/C22H19N5O/c23-19(17-4-1-3-16(12-17)14-28)7-9-21(24)27-22(25)13-15-6-8-20-18(11-15)5-2-10-26-20/h1-12,14,23H,13H2,(H3,24,25,27)/b9-7-,23-19?. The van der Waals surface area contributed by atoms with Gasteiger partial charge in [0.15, 0.2) is 0 Å². The summed E-state index contributed by atoms with van der Waals surface area (Å²) in [6.45, 7) is 0. The van der Waals surface area contributed by atoms with Crippen LogP contribution in [0.5, 0.6) is 0 Å². The van der Waals surface area contributed by atoms with Crippen LogP contribution in [0.15, 0.2) is 77.9 Å². The highest BCUT2D eigenvalue weighted by Gasteiger charge is 2.02. The Bertz CT molecular complexity index is 1110. The number of carbonyl (C=O) groups is 1. The molecule has 0 aliphatic heterocycles. The molecule has 0 saturated carbocycles. The first-order valence-corrected chi connectivity index (χ1v) is 8.62. The number of aromatic nitrogens is 1. The van der Waals surface area contributed by atoms with Gasteiger partial charge in [-0.1, -0.05) is 30.3 Å². The van der Waals surface area contributed by atoms with Crippen LogP contribution in [-0.2, 0) is 6.42 Å². The third-order valence-corrected chi connectivity index (χ3v) is 4.06. The number of hydrogen-bond acceptors (Lipinski definition) is 4. The summed E-state index contributed by atoms with van der Waals surface area (Å²) in [5.74, 6) is 0.267. The van der Waals surface area contributed by atoms with Gasteiger partial charge in [-0.25, -0.2) is 4.99 Å². The number of nitrogens with one attached hydrogen (secondary N) is 2. The van der Waals surface area contributed by atoms with E-state index in [1.807, 2.05) is 30.3 Å². The second kappa shape index (κ2) is 8.64. The fourth-order valence-corrected chi connectivity index (χ4v) is 2.71. The minimum absolute atomic E-state index is 0.0451. The van der Waals surface area contributed by atoms with Crippen LogP contribution >= 0.6 is 0 Å². The maximum atomic E-state index is 10.8. The smallest absolute Gasteiger partial charge is 0.150 e. The molecule has 1 aromatic heterocycles. The van der Waals surface area contributed by atoms with Crippen LogP contribution in [0.3, 0.4) is 0 Å². The Morgan fingerprint density at radius 3 is 2.75 bits per heavy atom. The predicted octanol–water partition coefficient (Wildman–Crippen LogP) is 3.55. The zero-order valence-electron chi connectivity index (χ0n) is 15.1. The molecule has 138 valence electrons. The number of benzene rings is 2. The average Bonchev–Trinajstić information content (AvgIpc) is 2.71. The molecule has 0 atom stereocenters. The number of rotatable bonds is 6. The topological polar surface area (TPSA) is 116 Å². The molecule has 3 rings (SSSR count). The number of pyridine rings is 1. The summed E-state index contributed by atoms with van der Waals surface area (Å²) in [4.78, 5) is 19.2. The molecule has 4 N–H and O–H groups in total. The lowest BCUT2D eigenvalue weighted by atomic mass is 10.1. The molecule has 0 radical (unpaired) electrons. The first-order chi connectivity index (χ1) is 13.5. The Balaban J connectivity index is 1.66. The van der Waals surface area contributed by atoms with Crippen LogP contribution < -0.4 is 5.73 Å². The summed E-state index contributed by atoms with van der Waals surface area (Å²) in [5.41, 5.74) is 9.14. The highest BCUT2D eigenvalue weighted by Crippen LogP contribution is 2.13. The fraction of sp³-hybridized carbons (Fsp3) is 0.0455. The van der Waals surface area contributed by atoms with Crippen LogP contribution in [-0.4, -0.2) is 28.7 Å². The van der Waals surface area contributed by atoms with Gasteiger partial charge in [-0.2, -0.15) is 0 Å². The maximum Gasteiger partial charge on any atom is 0.150 e. The maximum absolute atomic E-state index is 10.8. The zero-order chi connectivity index (χ0) is 19.9. The Hall–Kier alpha value is -3.93. The Labute approximate surface area is 162 Å². The van der Waals surface area contributed by atoms with Gasteiger partial charge in [-0.05, 0) is 42.0 Å². The number of aliphatic imine (C=N–C) groups is 1. The van der Waals surface area contributed by atoms with Crippen molar-refractivity contribution in [3.63, 3.8) is 0 Å². The van der Waals surface area contributed by atoms with Crippen molar-refractivity contribution < 1.29 is 4.79 Å². The third-order valence-electron chi connectivity index (χ3n) is 4.06. The van der Waals surface area contributed by atoms with Gasteiger partial charge >= 0.3 is 0 Å². The Kier molecular flexibility index (Phi) is 5.81. The Morgan fingerprint density at radius 2 is 1.93 bits per heavy atom. The lowest BCUT2D eigenvalue weighted by molar-refractivity contribution is 0.112. The van der Waals surface area contributed by atoms with E-state index in [0.717, 1.165) is 22.8 Å². The zero-order valence-corrected chi connectivity index (χ0v) is 15.1. The van der Waals surface area contributed by atoms with E-state index in [9.17, 15) is 4.79 Å². The van der Waals surface area contributed by atoms with Gasteiger partial charge in [0.05, 0.1) is 11.2 Å². The Morgan fingerprint density at radius 1 is 1.07 bits per heavy atom. The van der Waals surface area contributed by atoms with E-state index >= 15 is 0 Å². The average molecular weight is 369 g/mol. The number of hydrogen-bond donors (Lipinski definition) is 3. The molecular formula is C22H19N5O. The van der Waals surface area contributed by atoms with Crippen molar-refractivity contribution in [3.05, 3.63) is 89.6 Å². The normalized spacial score (nSPS) is 11.6. The summed E-state index contributed by atoms with van der Waals surface area (Å²) in [5, 5.41) is 17.0. The van der Waals surface area contributed by atoms with Crippen LogP contribution in [0.1, 0.15) is 21.5 Å². The summed E-state index contributed by atoms with van der Waals surface area (Å²) in [6.07, 6.45) is 5.77. The van der Waals surface area contributed by atoms with Crippen molar-refractivity contribution in [1.29, 1.82) is 10.8 Å². The molecule has 3 aromatic rings. The minimum atomic E-state index is -0.0451. The van der Waals surface area contributed by atoms with Crippen molar-refractivity contribution in [2.75, 3.05) is 0 Å². The molecule has 0 bridgehead atoms. The molecular weight excluding hydrogens is 350 g/mol. The van der Waals surface area contributed by atoms with Crippen molar-refractivity contribution in [3.8, 4) is 0 Å². The van der Waals surface area contributed by atoms with Gasteiger partial charge in [0.1, 0.15) is 18.0 Å². The molecule has 6 nitrogen and oxygen atoms in total. The summed E-state index contributed by atoms with van der Waals surface area (Å²) < 4.78 is 0. The van der Waals surface area contributed by atoms with E-state index in [1.54, 1.807) is 30.5 Å². The molecule has 0 fully saturated rings. The van der Waals surface area contributed by atoms with Crippen LogP contribution in [0, 0.1) is 10.8 Å². The number of amidine groups is 2. The molecule has 28 heavy (non-hydrogen) atoms. The quantitative estimate of drug-likeness (QED) is 0.350. The first-order valence-electron chi connectivity index (χ1n) is 8.62. The van der Waals surface area contributed by atoms with E-state index < -0.39 is 0 Å². The number of nitrogens with two attached hydrogens (primary N) is 1. The largest absolute Gasteiger partial charge is 0.387 e. The molecule has 1 heterocycles. The van der Waals surface area contributed by atoms with E-state index in [2.05, 4.69) is 9.98 Å². The van der Waals surface area contributed by atoms with Crippen LogP contribution in [0.4, 0.5) is 0 Å². The predicted molar refractivity (Wildman–Crippen MR) is 113 cm³/mol. The van der Waals surface area contributed by atoms with Crippen molar-refractivity contribution in [2.24, 2.45) is 10.7 Å². The molecule has 0 aliphatic rings. The number of carbonyl (C=O) groups excluding carboxylic acids is 1. The van der Waals surface area contributed by atoms with E-state index in [0.29, 0.717) is 23.4 Å². The van der Waals surface area contributed by atoms with Gasteiger partial charge in [0.25, 0.3) is 0 Å². The summed E-state index contributed by atoms with van der Waals surface area (Å²) in [7, 11) is 0. The first kappa shape index (κ1) is 18.8. The van der Waals surface area contributed by atoms with Gasteiger partial charge in [0.2, 0.25) is 0 Å². The lowest BCUT2D eigenvalue weighted by Gasteiger charge is -2.03. The summed E-state index contributed by atoms with van der Waals surface area (Å²) >= 11 is 0. The third kappa shape index (κ3) is 4.82. The van der Waals surface area contributed by atoms with Gasteiger partial charge < -0.3 is 11.1 Å². The molecule has 0 spiro atoms.